The third-order valence-corrected chi connectivity index (χ3v) is 9.16. The fourth-order valence-electron chi connectivity index (χ4n) is 3.09. The summed E-state index contributed by atoms with van der Waals surface area (Å²) in [6.45, 7) is 21.9. The van der Waals surface area contributed by atoms with Crippen LogP contribution < -0.4 is 0 Å². The molecule has 7 heteroatoms. The fraction of sp³-hybridized carbons (Fsp3) is 0.545. The molecule has 2 heterocycles. The number of aromatic nitrogens is 2. The van der Waals surface area contributed by atoms with Crippen molar-refractivity contribution in [3.63, 3.8) is 0 Å². The zero-order valence-electron chi connectivity index (χ0n) is 19.8. The van der Waals surface area contributed by atoms with Gasteiger partial charge in [0.05, 0.1) is 0 Å². The Morgan fingerprint density at radius 1 is 0.690 bits per heavy atom. The van der Waals surface area contributed by atoms with Gasteiger partial charge in [0.15, 0.2) is 0 Å². The van der Waals surface area contributed by atoms with Crippen LogP contribution in [-0.2, 0) is 17.1 Å². The van der Waals surface area contributed by atoms with Gasteiger partial charge >= 0.3 is 17.1 Å². The first kappa shape index (κ1) is 28.2. The van der Waals surface area contributed by atoms with E-state index in [2.05, 4.69) is 63.1 Å². The van der Waals surface area contributed by atoms with Gasteiger partial charge < -0.3 is 9.96 Å². The van der Waals surface area contributed by atoms with Gasteiger partial charge in [0.2, 0.25) is 0 Å². The van der Waals surface area contributed by atoms with Crippen LogP contribution in [0.15, 0.2) is 36.4 Å². The van der Waals surface area contributed by atoms with Gasteiger partial charge in [0.25, 0.3) is 0 Å². The molecule has 0 aromatic carbocycles. The zero-order valence-corrected chi connectivity index (χ0v) is 22.9. The van der Waals surface area contributed by atoms with Crippen molar-refractivity contribution in [2.24, 2.45) is 0 Å². The third kappa shape index (κ3) is 12.5. The van der Waals surface area contributed by atoms with Crippen molar-refractivity contribution in [2.45, 2.75) is 79.1 Å². The summed E-state index contributed by atoms with van der Waals surface area (Å²) in [5.74, 6) is 0. The van der Waals surface area contributed by atoms with Crippen molar-refractivity contribution in [3.8, 4) is 0 Å². The maximum absolute atomic E-state index is 4.82. The number of nitrogens with zero attached hydrogens (tertiary/aromatic N) is 4. The van der Waals surface area contributed by atoms with Crippen LogP contribution in [0.3, 0.4) is 0 Å². The van der Waals surface area contributed by atoms with Crippen molar-refractivity contribution >= 4 is 16.5 Å². The van der Waals surface area contributed by atoms with Crippen molar-refractivity contribution in [1.29, 1.82) is 0 Å². The van der Waals surface area contributed by atoms with E-state index in [0.717, 1.165) is 22.8 Å². The van der Waals surface area contributed by atoms with E-state index in [-0.39, 0.29) is 29.2 Å². The maximum atomic E-state index is 4.82. The first-order chi connectivity index (χ1) is 12.8. The summed E-state index contributed by atoms with van der Waals surface area (Å²) in [4.78, 5) is 9.05. The van der Waals surface area contributed by atoms with E-state index in [0.29, 0.717) is 0 Å². The summed E-state index contributed by atoms with van der Waals surface area (Å²) in [5, 5.41) is 4.77. The molecule has 0 saturated heterocycles. The minimum absolute atomic E-state index is 0. The van der Waals surface area contributed by atoms with Crippen molar-refractivity contribution in [2.75, 3.05) is 0 Å². The van der Waals surface area contributed by atoms with Crippen LogP contribution in [-0.4, -0.2) is 26.4 Å². The number of pyridine rings is 2. The molecule has 2 aromatic rings. The number of hydrogen-bond donors (Lipinski definition) is 0. The summed E-state index contributed by atoms with van der Waals surface area (Å²) in [5.41, 5.74) is 4.08. The molecule has 0 bridgehead atoms. The molecule has 0 saturated carbocycles. The molecule has 0 amide bonds. The summed E-state index contributed by atoms with van der Waals surface area (Å²) in [6.07, 6.45) is 0. The molecule has 4 nitrogen and oxygen atoms in total. The quantitative estimate of drug-likeness (QED) is 0.415. The Kier molecular flexibility index (Phi) is 11.8. The molecule has 0 aliphatic carbocycles. The van der Waals surface area contributed by atoms with Gasteiger partial charge in [-0.2, -0.15) is 0 Å². The van der Waals surface area contributed by atoms with Crippen LogP contribution in [0.5, 0.6) is 0 Å². The molecule has 0 N–H and O–H groups in total. The van der Waals surface area contributed by atoms with Gasteiger partial charge in [-0.15, -0.1) is 0 Å². The predicted octanol–water partition coefficient (Wildman–Crippen LogP) is 7.32. The molecule has 2 atom stereocenters. The Bertz CT molecular complexity index is 681. The summed E-state index contributed by atoms with van der Waals surface area (Å²) in [6, 6.07) is 12.3. The second kappa shape index (κ2) is 12.1. The van der Waals surface area contributed by atoms with Crippen LogP contribution in [0, 0.1) is 13.8 Å². The van der Waals surface area contributed by atoms with Gasteiger partial charge in [0.1, 0.15) is 0 Å². The Morgan fingerprint density at radius 3 is 1.28 bits per heavy atom. The second-order valence-electron chi connectivity index (χ2n) is 9.36. The molecule has 0 aliphatic rings. The average molecular weight is 471 g/mol. The SMILES string of the molecule is C[Si](C)(C)[N-][Si](C)(C)C.Cc1cccc(C(C)[N-]C(C)c2cccc(C)n2)n1.[Fe+2]. The first-order valence-electron chi connectivity index (χ1n) is 10.1. The van der Waals surface area contributed by atoms with Gasteiger partial charge in [-0.05, 0) is 38.1 Å². The maximum Gasteiger partial charge on any atom is 2.00 e. The Hall–Kier alpha value is -0.827. The monoisotopic (exact) mass is 470 g/mol. The van der Waals surface area contributed by atoms with Crippen LogP contribution in [0.2, 0.25) is 39.3 Å². The third-order valence-electron chi connectivity index (χ3n) is 3.79. The largest absolute Gasteiger partial charge is 2.00 e. The van der Waals surface area contributed by atoms with Gasteiger partial charge in [-0.1, -0.05) is 93.8 Å². The van der Waals surface area contributed by atoms with Crippen molar-refractivity contribution < 1.29 is 17.1 Å². The minimum atomic E-state index is -1.11. The molecule has 162 valence electrons. The molecule has 0 radical (unpaired) electrons. The molecular weight excluding hydrogens is 432 g/mol. The van der Waals surface area contributed by atoms with E-state index >= 15 is 0 Å². The van der Waals surface area contributed by atoms with Crippen LogP contribution >= 0.6 is 0 Å². The molecule has 2 unspecified atom stereocenters. The summed E-state index contributed by atoms with van der Waals surface area (Å²) >= 11 is 0. The van der Waals surface area contributed by atoms with Crippen LogP contribution in [0.25, 0.3) is 9.96 Å². The molecular formula is C22H38FeN4Si2. The number of aryl methyl sites for hydroxylation is 2. The van der Waals surface area contributed by atoms with Crippen molar-refractivity contribution in [3.05, 3.63) is 69.1 Å². The smallest absolute Gasteiger partial charge is 0.668 e. The van der Waals surface area contributed by atoms with Crippen LogP contribution in [0.4, 0.5) is 0 Å². The molecule has 2 aromatic heterocycles. The normalized spacial score (nSPS) is 13.6. The molecule has 0 aliphatic heterocycles. The summed E-state index contributed by atoms with van der Waals surface area (Å²) < 4.78 is 4.82. The van der Waals surface area contributed by atoms with Gasteiger partial charge in [-0.25, -0.2) is 0 Å². The molecule has 2 rings (SSSR count). The van der Waals surface area contributed by atoms with E-state index in [1.807, 2.05) is 50.2 Å². The van der Waals surface area contributed by atoms with Gasteiger partial charge in [-0.3, -0.25) is 9.97 Å². The average Bonchev–Trinajstić information content (AvgIpc) is 2.52. The zero-order chi connectivity index (χ0) is 21.5. The molecule has 29 heavy (non-hydrogen) atoms. The fourth-order valence-corrected chi connectivity index (χ4v) is 11.1. The number of rotatable bonds is 6. The van der Waals surface area contributed by atoms with E-state index < -0.39 is 16.5 Å². The van der Waals surface area contributed by atoms with E-state index in [4.69, 9.17) is 9.96 Å². The predicted molar refractivity (Wildman–Crippen MR) is 128 cm³/mol. The standard InChI is InChI=1S/C16H20N3.C6H18NSi2.Fe/c1-11-7-5-9-15(17-11)13(3)19-14(4)16-10-6-8-12(2)18-16;1-8(2,3)7-9(4,5)6;/h5-10,13-14H,1-4H3;1-6H3;/q2*-1;+2. The molecule has 0 fully saturated rings. The van der Waals surface area contributed by atoms with E-state index in [1.165, 1.54) is 0 Å². The molecule has 0 spiro atoms. The first-order valence-corrected chi connectivity index (χ1v) is 17.0. The Morgan fingerprint density at radius 2 is 1.03 bits per heavy atom. The van der Waals surface area contributed by atoms with E-state index in [1.54, 1.807) is 0 Å². The minimum Gasteiger partial charge on any atom is -0.668 e. The van der Waals surface area contributed by atoms with Crippen molar-refractivity contribution in [1.82, 2.24) is 9.97 Å². The van der Waals surface area contributed by atoms with E-state index in [9.17, 15) is 0 Å². The Labute approximate surface area is 191 Å². The Balaban J connectivity index is 0.000000672. The number of hydrogen-bond acceptors (Lipinski definition) is 2. The van der Waals surface area contributed by atoms with Gasteiger partial charge in [0, 0.05) is 22.8 Å². The topological polar surface area (TPSA) is 54.0 Å². The summed E-state index contributed by atoms with van der Waals surface area (Å²) in [7, 11) is -2.21. The van der Waals surface area contributed by atoms with Crippen LogP contribution in [0.1, 0.15) is 48.7 Å². The second-order valence-corrected chi connectivity index (χ2v) is 18.9.